The number of likely N-dealkylation sites (tertiary alicyclic amines) is 1. The molecule has 138 valence electrons. The Morgan fingerprint density at radius 1 is 1.19 bits per heavy atom. The number of hydrogen-bond donors (Lipinski definition) is 0. The second-order valence-corrected chi connectivity index (χ2v) is 6.82. The molecule has 4 rings (SSSR count). The van der Waals surface area contributed by atoms with Gasteiger partial charge in [-0.05, 0) is 12.5 Å². The molecule has 0 N–H and O–H groups in total. The number of hydrogen-bond acceptors (Lipinski definition) is 6. The highest BCUT2D eigenvalue weighted by Gasteiger charge is 2.40. The molecule has 7 heteroatoms. The quantitative estimate of drug-likeness (QED) is 0.836. The monoisotopic (exact) mass is 357 g/mol. The summed E-state index contributed by atoms with van der Waals surface area (Å²) >= 11 is 0. The fourth-order valence-electron chi connectivity index (χ4n) is 3.54. The van der Waals surface area contributed by atoms with Crippen LogP contribution < -0.4 is 0 Å². The summed E-state index contributed by atoms with van der Waals surface area (Å²) in [6.45, 7) is 4.63. The molecular formula is C19H23N3O4. The van der Waals surface area contributed by atoms with E-state index in [1.807, 2.05) is 36.1 Å². The molecule has 3 heterocycles. The Bertz CT molecular complexity index is 773. The Morgan fingerprint density at radius 2 is 1.92 bits per heavy atom. The minimum Gasteiger partial charge on any atom is -0.347 e. The summed E-state index contributed by atoms with van der Waals surface area (Å²) in [6.07, 6.45) is 2.28. The third-order valence-electron chi connectivity index (χ3n) is 5.10. The number of benzene rings is 1. The van der Waals surface area contributed by atoms with Gasteiger partial charge in [0.2, 0.25) is 17.6 Å². The first-order chi connectivity index (χ1) is 12.7. The summed E-state index contributed by atoms with van der Waals surface area (Å²) in [5.74, 6) is 0.716. The number of piperidine rings is 1. The fraction of sp³-hybridized carbons (Fsp3) is 0.526. The van der Waals surface area contributed by atoms with Gasteiger partial charge in [0.1, 0.15) is 0 Å². The van der Waals surface area contributed by atoms with Crippen molar-refractivity contribution in [3.05, 3.63) is 35.7 Å². The van der Waals surface area contributed by atoms with Crippen LogP contribution in [0.25, 0.3) is 11.4 Å². The van der Waals surface area contributed by atoms with Crippen LogP contribution in [-0.4, -0.2) is 53.0 Å². The first kappa shape index (κ1) is 17.2. The van der Waals surface area contributed by atoms with E-state index in [1.54, 1.807) is 0 Å². The molecule has 0 bridgehead atoms. The smallest absolute Gasteiger partial charge is 0.227 e. The maximum Gasteiger partial charge on any atom is 0.227 e. The van der Waals surface area contributed by atoms with E-state index in [0.717, 1.165) is 24.0 Å². The van der Waals surface area contributed by atoms with Crippen molar-refractivity contribution in [3.8, 4) is 11.4 Å². The van der Waals surface area contributed by atoms with E-state index < -0.39 is 5.79 Å². The molecule has 2 saturated heterocycles. The van der Waals surface area contributed by atoms with Crippen molar-refractivity contribution in [2.45, 2.75) is 38.4 Å². The third-order valence-corrected chi connectivity index (χ3v) is 5.10. The lowest BCUT2D eigenvalue weighted by Crippen LogP contribution is -2.47. The van der Waals surface area contributed by atoms with Crippen molar-refractivity contribution in [2.75, 3.05) is 26.3 Å². The van der Waals surface area contributed by atoms with Crippen LogP contribution in [0, 0.1) is 6.92 Å². The molecule has 1 spiro atoms. The van der Waals surface area contributed by atoms with Crippen LogP contribution in [0.5, 0.6) is 0 Å². The third kappa shape index (κ3) is 3.50. The molecule has 0 unspecified atom stereocenters. The molecule has 0 radical (unpaired) electrons. The van der Waals surface area contributed by atoms with Crippen LogP contribution in [-0.2, 0) is 20.7 Å². The van der Waals surface area contributed by atoms with E-state index in [9.17, 15) is 4.79 Å². The van der Waals surface area contributed by atoms with E-state index in [0.29, 0.717) is 50.9 Å². The number of amides is 1. The van der Waals surface area contributed by atoms with E-state index in [4.69, 9.17) is 14.0 Å². The highest BCUT2D eigenvalue weighted by atomic mass is 16.7. The van der Waals surface area contributed by atoms with E-state index in [1.165, 1.54) is 0 Å². The van der Waals surface area contributed by atoms with E-state index >= 15 is 0 Å². The predicted molar refractivity (Wildman–Crippen MR) is 93.2 cm³/mol. The second kappa shape index (κ2) is 7.17. The normalized spacial score (nSPS) is 19.2. The van der Waals surface area contributed by atoms with Gasteiger partial charge in [0.15, 0.2) is 5.79 Å². The molecule has 2 aromatic rings. The summed E-state index contributed by atoms with van der Waals surface area (Å²) in [5.41, 5.74) is 2.04. The maximum atomic E-state index is 12.5. The van der Waals surface area contributed by atoms with E-state index in [2.05, 4.69) is 10.1 Å². The highest BCUT2D eigenvalue weighted by Crippen LogP contribution is 2.31. The lowest BCUT2D eigenvalue weighted by atomic mass is 10.0. The molecule has 0 saturated carbocycles. The number of carbonyl (C=O) groups excluding carboxylic acids is 1. The van der Waals surface area contributed by atoms with Gasteiger partial charge in [0.25, 0.3) is 0 Å². The van der Waals surface area contributed by atoms with Gasteiger partial charge in [-0.25, -0.2) is 0 Å². The van der Waals surface area contributed by atoms with Crippen molar-refractivity contribution in [1.82, 2.24) is 15.0 Å². The van der Waals surface area contributed by atoms with Crippen LogP contribution in [0.3, 0.4) is 0 Å². The Kier molecular flexibility index (Phi) is 4.74. The Labute approximate surface area is 152 Å². The van der Waals surface area contributed by atoms with Gasteiger partial charge >= 0.3 is 0 Å². The second-order valence-electron chi connectivity index (χ2n) is 6.82. The highest BCUT2D eigenvalue weighted by molar-refractivity contribution is 5.76. The molecule has 0 aliphatic carbocycles. The Balaban J connectivity index is 1.31. The number of carbonyl (C=O) groups is 1. The van der Waals surface area contributed by atoms with Crippen molar-refractivity contribution >= 4 is 5.91 Å². The number of nitrogens with zero attached hydrogens (tertiary/aromatic N) is 3. The summed E-state index contributed by atoms with van der Waals surface area (Å²) < 4.78 is 16.7. The zero-order chi connectivity index (χ0) is 18.0. The van der Waals surface area contributed by atoms with Gasteiger partial charge in [-0.1, -0.05) is 29.4 Å². The largest absolute Gasteiger partial charge is 0.347 e. The number of aryl methyl sites for hydroxylation is 2. The maximum absolute atomic E-state index is 12.5. The Hall–Kier alpha value is -2.25. The number of rotatable bonds is 4. The van der Waals surface area contributed by atoms with Gasteiger partial charge in [0.05, 0.1) is 13.2 Å². The molecule has 2 fully saturated rings. The molecule has 0 atom stereocenters. The topological polar surface area (TPSA) is 77.7 Å². The fourth-order valence-corrected chi connectivity index (χ4v) is 3.54. The standard InChI is InChI=1S/C19H23N3O4/c1-14-4-2-3-5-15(14)18-20-16(26-21-18)6-7-17(23)22-10-8-19(9-11-22)24-12-13-25-19/h2-5H,6-13H2,1H3. The van der Waals surface area contributed by atoms with Crippen LogP contribution in [0.4, 0.5) is 0 Å². The molecule has 1 amide bonds. The van der Waals surface area contributed by atoms with Gasteiger partial charge in [-0.2, -0.15) is 4.98 Å². The molecule has 26 heavy (non-hydrogen) atoms. The summed E-state index contributed by atoms with van der Waals surface area (Å²) in [6, 6.07) is 7.90. The Morgan fingerprint density at radius 3 is 2.65 bits per heavy atom. The van der Waals surface area contributed by atoms with Gasteiger partial charge < -0.3 is 18.9 Å². The van der Waals surface area contributed by atoms with Crippen LogP contribution in [0.1, 0.15) is 30.7 Å². The molecule has 7 nitrogen and oxygen atoms in total. The van der Waals surface area contributed by atoms with Crippen molar-refractivity contribution in [1.29, 1.82) is 0 Å². The first-order valence-electron chi connectivity index (χ1n) is 9.09. The minimum absolute atomic E-state index is 0.105. The van der Waals surface area contributed by atoms with Crippen LogP contribution in [0.15, 0.2) is 28.8 Å². The lowest BCUT2D eigenvalue weighted by molar-refractivity contribution is -0.187. The lowest BCUT2D eigenvalue weighted by Gasteiger charge is -2.37. The molecule has 1 aromatic heterocycles. The van der Waals surface area contributed by atoms with E-state index in [-0.39, 0.29) is 5.91 Å². The summed E-state index contributed by atoms with van der Waals surface area (Å²) in [7, 11) is 0. The minimum atomic E-state index is -0.453. The molecule has 2 aliphatic heterocycles. The van der Waals surface area contributed by atoms with Crippen LogP contribution >= 0.6 is 0 Å². The van der Waals surface area contributed by atoms with Crippen LogP contribution in [0.2, 0.25) is 0 Å². The van der Waals surface area contributed by atoms with Crippen molar-refractivity contribution in [2.24, 2.45) is 0 Å². The number of ether oxygens (including phenoxy) is 2. The summed E-state index contributed by atoms with van der Waals surface area (Å²) in [4.78, 5) is 18.8. The summed E-state index contributed by atoms with van der Waals surface area (Å²) in [5, 5.41) is 4.04. The number of aromatic nitrogens is 2. The van der Waals surface area contributed by atoms with Crippen molar-refractivity contribution in [3.63, 3.8) is 0 Å². The van der Waals surface area contributed by atoms with Gasteiger partial charge in [0, 0.05) is 44.3 Å². The first-order valence-corrected chi connectivity index (χ1v) is 9.09. The predicted octanol–water partition coefficient (Wildman–Crippen LogP) is 2.34. The molecule has 1 aromatic carbocycles. The average molecular weight is 357 g/mol. The van der Waals surface area contributed by atoms with Crippen molar-refractivity contribution < 1.29 is 18.8 Å². The molecular weight excluding hydrogens is 334 g/mol. The SMILES string of the molecule is Cc1ccccc1-c1noc(CCC(=O)N2CCC3(CC2)OCCO3)n1. The van der Waals surface area contributed by atoms with Gasteiger partial charge in [-0.15, -0.1) is 0 Å². The average Bonchev–Trinajstić information content (AvgIpc) is 3.31. The molecule has 2 aliphatic rings. The van der Waals surface area contributed by atoms with Gasteiger partial charge in [-0.3, -0.25) is 4.79 Å². The zero-order valence-corrected chi connectivity index (χ0v) is 14.9. The zero-order valence-electron chi connectivity index (χ0n) is 14.9.